The largest absolute Gasteiger partial charge is 0.508 e. The van der Waals surface area contributed by atoms with Gasteiger partial charge >= 0.3 is 0 Å². The van der Waals surface area contributed by atoms with E-state index in [0.29, 0.717) is 30.4 Å². The molecule has 3 nitrogen and oxygen atoms in total. The fourth-order valence-corrected chi connectivity index (χ4v) is 6.95. The number of Topliss-reactive ketones (excluding diaryl/α,β-unsaturated/α-hetero) is 1. The lowest BCUT2D eigenvalue weighted by Crippen LogP contribution is -2.16. The van der Waals surface area contributed by atoms with E-state index in [1.54, 1.807) is 6.07 Å². The number of allylic oxidation sites excluding steroid dienone is 3. The number of aromatic hydroxyl groups is 2. The molecule has 0 aliphatic heterocycles. The van der Waals surface area contributed by atoms with Crippen molar-refractivity contribution in [3.05, 3.63) is 82.0 Å². The van der Waals surface area contributed by atoms with Crippen LogP contribution in [0.5, 0.6) is 11.5 Å². The number of rotatable bonds is 6. The fourth-order valence-electron chi connectivity index (χ4n) is 6.95. The number of ketones is 1. The van der Waals surface area contributed by atoms with Crippen molar-refractivity contribution in [2.24, 2.45) is 5.92 Å². The second-order valence-corrected chi connectivity index (χ2v) is 11.4. The first-order valence-electron chi connectivity index (χ1n) is 14.0. The van der Waals surface area contributed by atoms with Crippen LogP contribution < -0.4 is 0 Å². The highest BCUT2D eigenvalue weighted by atomic mass is 16.3. The van der Waals surface area contributed by atoms with Gasteiger partial charge < -0.3 is 10.2 Å². The Kier molecular flexibility index (Phi) is 7.37. The normalized spacial score (nSPS) is 22.3. The zero-order valence-electron chi connectivity index (χ0n) is 21.7. The van der Waals surface area contributed by atoms with Gasteiger partial charge in [-0.2, -0.15) is 0 Å². The van der Waals surface area contributed by atoms with E-state index in [9.17, 15) is 15.0 Å². The smallest absolute Gasteiger partial charge is 0.162 e. The van der Waals surface area contributed by atoms with E-state index in [1.807, 2.05) is 24.3 Å². The van der Waals surface area contributed by atoms with E-state index >= 15 is 0 Å². The van der Waals surface area contributed by atoms with Gasteiger partial charge in [0.15, 0.2) is 5.78 Å². The van der Waals surface area contributed by atoms with Gasteiger partial charge in [0.2, 0.25) is 0 Å². The van der Waals surface area contributed by atoms with Crippen LogP contribution in [0.1, 0.15) is 112 Å². The Hall–Kier alpha value is -2.81. The molecule has 0 bridgehead atoms. The molecule has 0 heterocycles. The first kappa shape index (κ1) is 24.9. The number of phenolic OH excluding ortho intramolecular Hbond substituents is 2. The molecule has 2 aromatic carbocycles. The lowest BCUT2D eigenvalue weighted by molar-refractivity contribution is -0.115. The highest BCUT2D eigenvalue weighted by molar-refractivity contribution is 5.96. The number of benzene rings is 2. The lowest BCUT2D eigenvalue weighted by atomic mass is 9.80. The van der Waals surface area contributed by atoms with Gasteiger partial charge in [-0.1, -0.05) is 80.5 Å². The fraction of sp³-hybridized carbons (Fsp3) is 0.485. The van der Waals surface area contributed by atoms with Crippen LogP contribution in [0.15, 0.2) is 59.7 Å². The summed E-state index contributed by atoms with van der Waals surface area (Å²) in [5.41, 5.74) is 7.24. The average molecular weight is 485 g/mol. The molecule has 0 aromatic heterocycles. The minimum atomic E-state index is -0.0973. The molecule has 0 radical (unpaired) electrons. The van der Waals surface area contributed by atoms with Gasteiger partial charge in [-0.25, -0.2) is 0 Å². The summed E-state index contributed by atoms with van der Waals surface area (Å²) in [6, 6.07) is 11.7. The third-order valence-corrected chi connectivity index (χ3v) is 9.05. The Morgan fingerprint density at radius 1 is 0.861 bits per heavy atom. The molecule has 1 atom stereocenters. The van der Waals surface area contributed by atoms with Crippen LogP contribution in [0.2, 0.25) is 0 Å². The third-order valence-electron chi connectivity index (χ3n) is 9.05. The molecule has 2 N–H and O–H groups in total. The summed E-state index contributed by atoms with van der Waals surface area (Å²) in [6.07, 6.45) is 12.8. The van der Waals surface area contributed by atoms with Crippen molar-refractivity contribution in [2.75, 3.05) is 0 Å². The number of hydrogen-bond donors (Lipinski definition) is 2. The summed E-state index contributed by atoms with van der Waals surface area (Å²) >= 11 is 0. The van der Waals surface area contributed by atoms with Crippen LogP contribution in [0.3, 0.4) is 0 Å². The quantitative estimate of drug-likeness (QED) is 0.320. The molecule has 0 saturated heterocycles. The van der Waals surface area contributed by atoms with Gasteiger partial charge in [0.05, 0.1) is 0 Å². The SMILES string of the molecule is C=C(C(=O)C/C(C)=C1\Cc2cc(O)c(C3CCCCC3)cc2C1c1ccccc1O)C1CCCCC1. The molecule has 2 fully saturated rings. The standard InChI is InChI=1S/C33H40O3/c1-21(17-31(35)22(2)23-11-5-3-6-12-23)27-18-25-19-32(36)28(24-13-7-4-8-14-24)20-29(25)33(27)26-15-9-10-16-30(26)34/h9-10,15-16,19-20,23-24,33-34,36H,2-8,11-14,17-18H2,1H3/b27-21+. The van der Waals surface area contributed by atoms with Crippen LogP contribution >= 0.6 is 0 Å². The summed E-state index contributed by atoms with van der Waals surface area (Å²) in [5.74, 6) is 1.46. The van der Waals surface area contributed by atoms with E-state index in [1.165, 1.54) is 49.7 Å². The molecule has 2 saturated carbocycles. The van der Waals surface area contributed by atoms with Crippen LogP contribution in [0.25, 0.3) is 0 Å². The van der Waals surface area contributed by atoms with Gasteiger partial charge in [0, 0.05) is 17.9 Å². The summed E-state index contributed by atoms with van der Waals surface area (Å²) < 4.78 is 0. The number of carbonyl (C=O) groups excluding carboxylic acids is 1. The van der Waals surface area contributed by atoms with Crippen molar-refractivity contribution in [2.45, 2.75) is 95.8 Å². The first-order chi connectivity index (χ1) is 17.4. The molecule has 36 heavy (non-hydrogen) atoms. The van der Waals surface area contributed by atoms with Gasteiger partial charge in [-0.05, 0) is 85.3 Å². The minimum Gasteiger partial charge on any atom is -0.508 e. The van der Waals surface area contributed by atoms with Crippen molar-refractivity contribution in [1.29, 1.82) is 0 Å². The van der Waals surface area contributed by atoms with Crippen molar-refractivity contribution in [1.82, 2.24) is 0 Å². The van der Waals surface area contributed by atoms with Crippen LogP contribution in [0, 0.1) is 5.92 Å². The average Bonchev–Trinajstić information content (AvgIpc) is 3.27. The number of fused-ring (bicyclic) bond motifs is 1. The second kappa shape index (κ2) is 10.7. The molecule has 190 valence electrons. The van der Waals surface area contributed by atoms with Gasteiger partial charge in [-0.3, -0.25) is 4.79 Å². The predicted octanol–water partition coefficient (Wildman–Crippen LogP) is 8.25. The first-order valence-corrected chi connectivity index (χ1v) is 14.0. The summed E-state index contributed by atoms with van der Waals surface area (Å²) in [6.45, 7) is 6.29. The molecule has 1 unspecified atom stereocenters. The number of carbonyl (C=O) groups is 1. The van der Waals surface area contributed by atoms with Crippen LogP contribution in [-0.2, 0) is 11.2 Å². The van der Waals surface area contributed by atoms with E-state index in [2.05, 4.69) is 19.6 Å². The maximum Gasteiger partial charge on any atom is 0.162 e. The summed E-state index contributed by atoms with van der Waals surface area (Å²) in [4.78, 5) is 13.3. The molecular weight excluding hydrogens is 444 g/mol. The topological polar surface area (TPSA) is 57.5 Å². The van der Waals surface area contributed by atoms with Crippen molar-refractivity contribution in [3.8, 4) is 11.5 Å². The molecule has 2 aromatic rings. The lowest BCUT2D eigenvalue weighted by Gasteiger charge is -2.25. The van der Waals surface area contributed by atoms with E-state index in [-0.39, 0.29) is 17.5 Å². The molecule has 0 spiro atoms. The van der Waals surface area contributed by atoms with Crippen molar-refractivity contribution < 1.29 is 15.0 Å². The van der Waals surface area contributed by atoms with Crippen molar-refractivity contribution >= 4 is 5.78 Å². The molecule has 3 heteroatoms. The summed E-state index contributed by atoms with van der Waals surface area (Å²) in [7, 11) is 0. The monoisotopic (exact) mass is 484 g/mol. The maximum absolute atomic E-state index is 13.3. The Bertz CT molecular complexity index is 1180. The van der Waals surface area contributed by atoms with Gasteiger partial charge in [-0.15, -0.1) is 0 Å². The molecule has 5 rings (SSSR count). The highest BCUT2D eigenvalue weighted by Gasteiger charge is 2.34. The minimum absolute atomic E-state index is 0.0973. The molecule has 0 amide bonds. The van der Waals surface area contributed by atoms with Crippen molar-refractivity contribution in [3.63, 3.8) is 0 Å². The Morgan fingerprint density at radius 2 is 1.53 bits per heavy atom. The highest BCUT2D eigenvalue weighted by Crippen LogP contribution is 2.50. The Balaban J connectivity index is 1.51. The maximum atomic E-state index is 13.3. The number of hydrogen-bond acceptors (Lipinski definition) is 3. The van der Waals surface area contributed by atoms with Gasteiger partial charge in [0.25, 0.3) is 0 Å². The number of phenols is 2. The second-order valence-electron chi connectivity index (χ2n) is 11.4. The van der Waals surface area contributed by atoms with E-state index in [0.717, 1.165) is 53.5 Å². The van der Waals surface area contributed by atoms with Gasteiger partial charge in [0.1, 0.15) is 11.5 Å². The third kappa shape index (κ3) is 4.90. The summed E-state index contributed by atoms with van der Waals surface area (Å²) in [5, 5.41) is 21.9. The zero-order valence-corrected chi connectivity index (χ0v) is 21.7. The predicted molar refractivity (Wildman–Crippen MR) is 146 cm³/mol. The molecule has 3 aliphatic carbocycles. The Labute approximate surface area is 216 Å². The van der Waals surface area contributed by atoms with Crippen LogP contribution in [-0.4, -0.2) is 16.0 Å². The Morgan fingerprint density at radius 3 is 2.22 bits per heavy atom. The number of para-hydroxylation sites is 1. The molecular formula is C33H40O3. The van der Waals surface area contributed by atoms with Crippen LogP contribution in [0.4, 0.5) is 0 Å². The van der Waals surface area contributed by atoms with E-state index in [4.69, 9.17) is 0 Å². The molecule has 3 aliphatic rings. The van der Waals surface area contributed by atoms with E-state index < -0.39 is 0 Å². The zero-order chi connectivity index (χ0) is 25.2.